The van der Waals surface area contributed by atoms with Crippen molar-refractivity contribution in [2.45, 2.75) is 0 Å². The quantitative estimate of drug-likeness (QED) is 0.808. The van der Waals surface area contributed by atoms with E-state index in [0.717, 1.165) is 0 Å². The van der Waals surface area contributed by atoms with Gasteiger partial charge in [0, 0.05) is 6.54 Å². The van der Waals surface area contributed by atoms with Crippen molar-refractivity contribution >= 4 is 18.4 Å². The lowest BCUT2D eigenvalue weighted by atomic mass is 10.2. The number of ether oxygens (including phenoxy) is 3. The number of carbonyl (C=O) groups is 1. The zero-order valence-corrected chi connectivity index (χ0v) is 10.6. The van der Waals surface area contributed by atoms with Crippen LogP contribution in [0.1, 0.15) is 10.4 Å². The summed E-state index contributed by atoms with van der Waals surface area (Å²) >= 11 is 0. The predicted molar refractivity (Wildman–Crippen MR) is 66.1 cm³/mol. The molecule has 0 unspecified atom stereocenters. The van der Waals surface area contributed by atoms with Crippen LogP contribution in [0.25, 0.3) is 0 Å². The molecule has 0 amide bonds. The molecule has 96 valence electrons. The van der Waals surface area contributed by atoms with E-state index >= 15 is 0 Å². The number of esters is 1. The van der Waals surface area contributed by atoms with Crippen LogP contribution in [0, 0.1) is 0 Å². The van der Waals surface area contributed by atoms with Gasteiger partial charge in [-0.3, -0.25) is 0 Å². The van der Waals surface area contributed by atoms with Gasteiger partial charge in [-0.25, -0.2) is 4.79 Å². The van der Waals surface area contributed by atoms with Crippen molar-refractivity contribution in [1.29, 1.82) is 0 Å². The third-order valence-electron chi connectivity index (χ3n) is 1.96. The number of rotatable bonds is 5. The molecule has 0 aromatic heterocycles. The van der Waals surface area contributed by atoms with Crippen LogP contribution in [0.2, 0.25) is 0 Å². The molecule has 0 heterocycles. The largest absolute Gasteiger partial charge is 0.493 e. The van der Waals surface area contributed by atoms with E-state index in [0.29, 0.717) is 30.2 Å². The van der Waals surface area contributed by atoms with E-state index in [-0.39, 0.29) is 12.4 Å². The molecular weight excluding hydrogens is 246 g/mol. The van der Waals surface area contributed by atoms with E-state index in [4.69, 9.17) is 15.2 Å². The molecule has 0 radical (unpaired) electrons. The number of nitrogens with two attached hydrogens (primary N) is 1. The molecule has 5 nitrogen and oxygen atoms in total. The smallest absolute Gasteiger partial charge is 0.337 e. The second-order valence-electron chi connectivity index (χ2n) is 2.99. The average molecular weight is 262 g/mol. The molecule has 0 atom stereocenters. The van der Waals surface area contributed by atoms with Gasteiger partial charge in [-0.05, 0) is 18.2 Å². The number of methoxy groups -OCH3 is 2. The zero-order chi connectivity index (χ0) is 12.0. The van der Waals surface area contributed by atoms with Crippen LogP contribution in [0.15, 0.2) is 18.2 Å². The predicted octanol–water partition coefficient (Wildman–Crippen LogP) is 1.24. The summed E-state index contributed by atoms with van der Waals surface area (Å²) < 4.78 is 15.1. The Balaban J connectivity index is 0.00000256. The van der Waals surface area contributed by atoms with E-state index in [1.807, 2.05) is 0 Å². The molecule has 1 aromatic rings. The van der Waals surface area contributed by atoms with E-state index in [2.05, 4.69) is 4.74 Å². The average Bonchev–Trinajstić information content (AvgIpc) is 2.34. The van der Waals surface area contributed by atoms with E-state index in [1.54, 1.807) is 18.2 Å². The summed E-state index contributed by atoms with van der Waals surface area (Å²) in [6.07, 6.45) is 0. The Kier molecular flexibility index (Phi) is 7.09. The van der Waals surface area contributed by atoms with Gasteiger partial charge in [0.05, 0.1) is 19.8 Å². The molecule has 2 N–H and O–H groups in total. The van der Waals surface area contributed by atoms with Crippen LogP contribution in [-0.2, 0) is 4.74 Å². The molecule has 0 saturated carbocycles. The van der Waals surface area contributed by atoms with E-state index in [1.165, 1.54) is 14.2 Å². The fourth-order valence-corrected chi connectivity index (χ4v) is 1.20. The maximum Gasteiger partial charge on any atom is 0.337 e. The first kappa shape index (κ1) is 15.5. The summed E-state index contributed by atoms with van der Waals surface area (Å²) in [6, 6.07) is 4.83. The maximum absolute atomic E-state index is 11.3. The van der Waals surface area contributed by atoms with Crippen molar-refractivity contribution < 1.29 is 19.0 Å². The second-order valence-corrected chi connectivity index (χ2v) is 2.99. The molecule has 0 fully saturated rings. The summed E-state index contributed by atoms with van der Waals surface area (Å²) in [5, 5.41) is 0. The van der Waals surface area contributed by atoms with Crippen molar-refractivity contribution in [3.63, 3.8) is 0 Å². The van der Waals surface area contributed by atoms with Crippen LogP contribution in [-0.4, -0.2) is 33.3 Å². The first-order valence-electron chi connectivity index (χ1n) is 4.82. The van der Waals surface area contributed by atoms with Crippen LogP contribution in [0.3, 0.4) is 0 Å². The lowest BCUT2D eigenvalue weighted by Gasteiger charge is -2.10. The Hall–Kier alpha value is -1.46. The first-order chi connectivity index (χ1) is 7.72. The third-order valence-corrected chi connectivity index (χ3v) is 1.96. The summed E-state index contributed by atoms with van der Waals surface area (Å²) in [5.74, 6) is 0.622. The molecule has 1 rings (SSSR count). The summed E-state index contributed by atoms with van der Waals surface area (Å²) in [7, 11) is 2.86. The molecule has 0 bridgehead atoms. The van der Waals surface area contributed by atoms with Crippen molar-refractivity contribution in [3.8, 4) is 11.5 Å². The van der Waals surface area contributed by atoms with Gasteiger partial charge < -0.3 is 19.9 Å². The number of hydrogen-bond donors (Lipinski definition) is 1. The molecule has 0 saturated heterocycles. The van der Waals surface area contributed by atoms with Gasteiger partial charge in [-0.1, -0.05) is 0 Å². The van der Waals surface area contributed by atoms with Gasteiger partial charge in [0.2, 0.25) is 0 Å². The maximum atomic E-state index is 11.3. The van der Waals surface area contributed by atoms with Gasteiger partial charge >= 0.3 is 5.97 Å². The number of hydrogen-bond acceptors (Lipinski definition) is 5. The monoisotopic (exact) mass is 261 g/mol. The zero-order valence-electron chi connectivity index (χ0n) is 9.76. The fourth-order valence-electron chi connectivity index (χ4n) is 1.20. The SMILES string of the molecule is COC(=O)c1ccc(OC)c(OCCN)c1.Cl. The van der Waals surface area contributed by atoms with Crippen LogP contribution in [0.5, 0.6) is 11.5 Å². The molecule has 0 aliphatic heterocycles. The third kappa shape index (κ3) is 4.13. The molecular formula is C11H16ClNO4. The van der Waals surface area contributed by atoms with Crippen LogP contribution >= 0.6 is 12.4 Å². The lowest BCUT2D eigenvalue weighted by Crippen LogP contribution is -2.11. The Labute approximate surface area is 106 Å². The highest BCUT2D eigenvalue weighted by Gasteiger charge is 2.10. The molecule has 0 spiro atoms. The van der Waals surface area contributed by atoms with E-state index in [9.17, 15) is 4.79 Å². The van der Waals surface area contributed by atoms with E-state index < -0.39 is 5.97 Å². The van der Waals surface area contributed by atoms with Gasteiger partial charge in [0.25, 0.3) is 0 Å². The van der Waals surface area contributed by atoms with Gasteiger partial charge in [-0.15, -0.1) is 12.4 Å². The highest BCUT2D eigenvalue weighted by Crippen LogP contribution is 2.28. The Bertz CT molecular complexity index is 370. The van der Waals surface area contributed by atoms with Gasteiger partial charge in [0.1, 0.15) is 6.61 Å². The minimum atomic E-state index is -0.416. The minimum Gasteiger partial charge on any atom is -0.493 e. The number of carbonyl (C=O) groups excluding carboxylic acids is 1. The van der Waals surface area contributed by atoms with Crippen molar-refractivity contribution in [1.82, 2.24) is 0 Å². The Morgan fingerprint density at radius 3 is 2.53 bits per heavy atom. The standard InChI is InChI=1S/C11H15NO4.ClH/c1-14-9-4-3-8(11(13)15-2)7-10(9)16-6-5-12;/h3-4,7H,5-6,12H2,1-2H3;1H. The van der Waals surface area contributed by atoms with Crippen molar-refractivity contribution in [2.24, 2.45) is 5.73 Å². The second kappa shape index (κ2) is 7.76. The molecule has 6 heteroatoms. The molecule has 1 aromatic carbocycles. The lowest BCUT2D eigenvalue weighted by molar-refractivity contribution is 0.0600. The number of benzene rings is 1. The first-order valence-corrected chi connectivity index (χ1v) is 4.82. The van der Waals surface area contributed by atoms with Crippen molar-refractivity contribution in [2.75, 3.05) is 27.4 Å². The van der Waals surface area contributed by atoms with Crippen LogP contribution < -0.4 is 15.2 Å². The highest BCUT2D eigenvalue weighted by atomic mass is 35.5. The molecule has 0 aliphatic rings. The summed E-state index contributed by atoms with van der Waals surface area (Å²) in [4.78, 5) is 11.3. The van der Waals surface area contributed by atoms with Crippen LogP contribution in [0.4, 0.5) is 0 Å². The minimum absolute atomic E-state index is 0. The number of halogens is 1. The summed E-state index contributed by atoms with van der Waals surface area (Å²) in [6.45, 7) is 0.757. The Morgan fingerprint density at radius 2 is 2.00 bits per heavy atom. The highest BCUT2D eigenvalue weighted by molar-refractivity contribution is 5.90. The van der Waals surface area contributed by atoms with Gasteiger partial charge in [-0.2, -0.15) is 0 Å². The fraction of sp³-hybridized carbons (Fsp3) is 0.364. The summed E-state index contributed by atoms with van der Waals surface area (Å²) in [5.41, 5.74) is 5.75. The topological polar surface area (TPSA) is 70.8 Å². The molecule has 17 heavy (non-hydrogen) atoms. The van der Waals surface area contributed by atoms with Gasteiger partial charge in [0.15, 0.2) is 11.5 Å². The normalized spacial score (nSPS) is 9.12. The van der Waals surface area contributed by atoms with Crippen molar-refractivity contribution in [3.05, 3.63) is 23.8 Å². The molecule has 0 aliphatic carbocycles. The Morgan fingerprint density at radius 1 is 1.29 bits per heavy atom.